The van der Waals surface area contributed by atoms with Gasteiger partial charge in [0, 0.05) is 12.1 Å². The molecule has 6 nitrogen and oxygen atoms in total. The van der Waals surface area contributed by atoms with Gasteiger partial charge in [0.15, 0.2) is 9.84 Å². The molecule has 118 valence electrons. The second-order valence-electron chi connectivity index (χ2n) is 6.12. The predicted molar refractivity (Wildman–Crippen MR) is 79.9 cm³/mol. The van der Waals surface area contributed by atoms with Crippen LogP contribution in [0, 0.1) is 13.8 Å². The van der Waals surface area contributed by atoms with Crippen LogP contribution in [0.2, 0.25) is 0 Å². The molecule has 1 aromatic heterocycles. The normalized spacial score (nSPS) is 29.2. The molecule has 2 aliphatic heterocycles. The first-order valence-electron chi connectivity index (χ1n) is 7.55. The minimum atomic E-state index is -2.94. The highest BCUT2D eigenvalue weighted by Gasteiger charge is 2.41. The lowest BCUT2D eigenvalue weighted by molar-refractivity contribution is 0.223. The number of aryl methyl sites for hydroxylation is 2. The van der Waals surface area contributed by atoms with Crippen LogP contribution in [-0.4, -0.2) is 55.0 Å². The van der Waals surface area contributed by atoms with Gasteiger partial charge in [-0.2, -0.15) is 0 Å². The van der Waals surface area contributed by atoms with E-state index >= 15 is 0 Å². The fourth-order valence-electron chi connectivity index (χ4n) is 3.29. The zero-order chi connectivity index (χ0) is 15.0. The molecule has 0 unspecified atom stereocenters. The van der Waals surface area contributed by atoms with Crippen molar-refractivity contribution in [1.82, 2.24) is 15.2 Å². The minimum absolute atomic E-state index is 0.0272. The standard InChI is InChI=1S/C14H23N3O3S/c1-10-11(2)20-14(16-10)7-15-12-8-21(18,19)9-13(12)17-5-3-4-6-17/h12-13,15H,3-9H2,1-2H3/t12-,13+/m1/s1. The van der Waals surface area contributed by atoms with Crippen LogP contribution in [0.4, 0.5) is 0 Å². The second-order valence-corrected chi connectivity index (χ2v) is 8.28. The zero-order valence-electron chi connectivity index (χ0n) is 12.6. The van der Waals surface area contributed by atoms with E-state index in [-0.39, 0.29) is 23.6 Å². The fourth-order valence-corrected chi connectivity index (χ4v) is 5.28. The third-order valence-corrected chi connectivity index (χ3v) is 6.24. The summed E-state index contributed by atoms with van der Waals surface area (Å²) in [5.41, 5.74) is 0.891. The molecule has 2 aliphatic rings. The Kier molecular flexibility index (Phi) is 4.07. The van der Waals surface area contributed by atoms with Crippen LogP contribution < -0.4 is 5.32 Å². The molecule has 0 aromatic carbocycles. The fraction of sp³-hybridized carbons (Fsp3) is 0.786. The number of rotatable bonds is 4. The summed E-state index contributed by atoms with van der Waals surface area (Å²) in [5, 5.41) is 3.34. The van der Waals surface area contributed by atoms with E-state index in [1.54, 1.807) is 0 Å². The highest BCUT2D eigenvalue weighted by Crippen LogP contribution is 2.23. The third-order valence-electron chi connectivity index (χ3n) is 4.52. The van der Waals surface area contributed by atoms with Crippen LogP contribution >= 0.6 is 0 Å². The van der Waals surface area contributed by atoms with E-state index in [4.69, 9.17) is 4.42 Å². The molecule has 3 rings (SSSR count). The van der Waals surface area contributed by atoms with Crippen molar-refractivity contribution in [2.75, 3.05) is 24.6 Å². The molecule has 0 bridgehead atoms. The van der Waals surface area contributed by atoms with E-state index in [1.165, 1.54) is 12.8 Å². The van der Waals surface area contributed by atoms with Crippen molar-refractivity contribution in [3.63, 3.8) is 0 Å². The van der Waals surface area contributed by atoms with Gasteiger partial charge in [0.05, 0.1) is 23.7 Å². The molecule has 1 aromatic rings. The van der Waals surface area contributed by atoms with Gasteiger partial charge in [-0.15, -0.1) is 0 Å². The Bertz CT molecular complexity index is 585. The minimum Gasteiger partial charge on any atom is -0.444 e. The van der Waals surface area contributed by atoms with E-state index in [2.05, 4.69) is 15.2 Å². The van der Waals surface area contributed by atoms with Gasteiger partial charge in [-0.25, -0.2) is 13.4 Å². The predicted octanol–water partition coefficient (Wildman–Crippen LogP) is 0.642. The molecule has 0 saturated carbocycles. The lowest BCUT2D eigenvalue weighted by atomic mass is 10.1. The lowest BCUT2D eigenvalue weighted by Crippen LogP contribution is -2.48. The van der Waals surface area contributed by atoms with Crippen molar-refractivity contribution in [2.45, 2.75) is 45.3 Å². The summed E-state index contributed by atoms with van der Waals surface area (Å²) in [6.45, 7) is 6.30. The smallest absolute Gasteiger partial charge is 0.208 e. The van der Waals surface area contributed by atoms with E-state index in [0.29, 0.717) is 12.4 Å². The average molecular weight is 313 g/mol. The topological polar surface area (TPSA) is 75.4 Å². The largest absolute Gasteiger partial charge is 0.444 e. The van der Waals surface area contributed by atoms with Gasteiger partial charge in [-0.1, -0.05) is 0 Å². The SMILES string of the molecule is Cc1nc(CN[C@@H]2CS(=O)(=O)C[C@@H]2N2CCCC2)oc1C. The molecule has 2 saturated heterocycles. The van der Waals surface area contributed by atoms with Crippen LogP contribution in [0.15, 0.2) is 4.42 Å². The molecule has 0 amide bonds. The zero-order valence-corrected chi connectivity index (χ0v) is 13.4. The highest BCUT2D eigenvalue weighted by atomic mass is 32.2. The quantitative estimate of drug-likeness (QED) is 0.879. The summed E-state index contributed by atoms with van der Waals surface area (Å²) >= 11 is 0. The van der Waals surface area contributed by atoms with Crippen molar-refractivity contribution >= 4 is 9.84 Å². The molecule has 0 aliphatic carbocycles. The lowest BCUT2D eigenvalue weighted by Gasteiger charge is -2.28. The Morgan fingerprint density at radius 3 is 2.62 bits per heavy atom. The van der Waals surface area contributed by atoms with E-state index in [0.717, 1.165) is 24.5 Å². The Morgan fingerprint density at radius 2 is 2.00 bits per heavy atom. The van der Waals surface area contributed by atoms with Crippen molar-refractivity contribution in [1.29, 1.82) is 0 Å². The number of aromatic nitrogens is 1. The van der Waals surface area contributed by atoms with Gasteiger partial charge in [0.25, 0.3) is 0 Å². The van der Waals surface area contributed by atoms with Gasteiger partial charge in [0.1, 0.15) is 5.76 Å². The summed E-state index contributed by atoms with van der Waals surface area (Å²) < 4.78 is 29.5. The van der Waals surface area contributed by atoms with Gasteiger partial charge in [-0.05, 0) is 39.8 Å². The van der Waals surface area contributed by atoms with Crippen LogP contribution in [0.5, 0.6) is 0 Å². The maximum atomic E-state index is 12.0. The number of nitrogens with zero attached hydrogens (tertiary/aromatic N) is 2. The molecule has 2 atom stereocenters. The van der Waals surface area contributed by atoms with Crippen molar-refractivity contribution in [3.8, 4) is 0 Å². The first-order chi connectivity index (χ1) is 9.94. The number of sulfone groups is 1. The van der Waals surface area contributed by atoms with Crippen LogP contribution in [0.25, 0.3) is 0 Å². The number of nitrogens with one attached hydrogen (secondary N) is 1. The highest BCUT2D eigenvalue weighted by molar-refractivity contribution is 7.91. The van der Waals surface area contributed by atoms with Crippen LogP contribution in [0.3, 0.4) is 0 Å². The molecule has 2 fully saturated rings. The molecule has 0 spiro atoms. The molecule has 21 heavy (non-hydrogen) atoms. The molecule has 0 radical (unpaired) electrons. The van der Waals surface area contributed by atoms with E-state index in [9.17, 15) is 8.42 Å². The average Bonchev–Trinajstić information content (AvgIpc) is 3.08. The number of oxazole rings is 1. The van der Waals surface area contributed by atoms with Gasteiger partial charge < -0.3 is 9.73 Å². The maximum Gasteiger partial charge on any atom is 0.208 e. The monoisotopic (exact) mass is 313 g/mol. The van der Waals surface area contributed by atoms with Crippen molar-refractivity contribution < 1.29 is 12.8 Å². The Labute approximate surface area is 125 Å². The molecular formula is C14H23N3O3S. The number of hydrogen-bond donors (Lipinski definition) is 1. The van der Waals surface area contributed by atoms with Crippen molar-refractivity contribution in [2.24, 2.45) is 0 Å². The first-order valence-corrected chi connectivity index (χ1v) is 9.37. The Balaban J connectivity index is 1.67. The summed E-state index contributed by atoms with van der Waals surface area (Å²) in [5.74, 6) is 1.94. The molecule has 1 N–H and O–H groups in total. The third kappa shape index (κ3) is 3.30. The molecular weight excluding hydrogens is 290 g/mol. The summed E-state index contributed by atoms with van der Waals surface area (Å²) in [6, 6.07) is 0.0651. The molecule has 7 heteroatoms. The van der Waals surface area contributed by atoms with Gasteiger partial charge in [0.2, 0.25) is 5.89 Å². The van der Waals surface area contributed by atoms with Crippen molar-refractivity contribution in [3.05, 3.63) is 17.3 Å². The van der Waals surface area contributed by atoms with E-state index in [1.807, 2.05) is 13.8 Å². The van der Waals surface area contributed by atoms with Crippen LogP contribution in [0.1, 0.15) is 30.2 Å². The summed E-state index contributed by atoms with van der Waals surface area (Å²) in [4.78, 5) is 6.65. The molecule has 3 heterocycles. The van der Waals surface area contributed by atoms with Crippen LogP contribution in [-0.2, 0) is 16.4 Å². The summed E-state index contributed by atoms with van der Waals surface area (Å²) in [6.07, 6.45) is 2.34. The summed E-state index contributed by atoms with van der Waals surface area (Å²) in [7, 11) is -2.94. The first kappa shape index (κ1) is 15.0. The Morgan fingerprint density at radius 1 is 1.29 bits per heavy atom. The number of hydrogen-bond acceptors (Lipinski definition) is 6. The van der Waals surface area contributed by atoms with Gasteiger partial charge >= 0.3 is 0 Å². The van der Waals surface area contributed by atoms with Gasteiger partial charge in [-0.3, -0.25) is 4.90 Å². The Hall–Kier alpha value is -0.920. The maximum absolute atomic E-state index is 12.0. The second kappa shape index (κ2) is 5.70. The van der Waals surface area contributed by atoms with E-state index < -0.39 is 9.84 Å². The number of likely N-dealkylation sites (tertiary alicyclic amines) is 1.